The summed E-state index contributed by atoms with van der Waals surface area (Å²) in [6.45, 7) is 4.60. The fraction of sp³-hybridized carbons (Fsp3) is 0.615. The van der Waals surface area contributed by atoms with Gasteiger partial charge in [-0.3, -0.25) is 4.98 Å². The van der Waals surface area contributed by atoms with Gasteiger partial charge in [-0.1, -0.05) is 11.6 Å². The summed E-state index contributed by atoms with van der Waals surface area (Å²) in [7, 11) is 1.74. The maximum atomic E-state index is 9.71. The molecule has 0 aromatic carbocycles. The Morgan fingerprint density at radius 1 is 1.17 bits per heavy atom. The molecule has 1 saturated carbocycles. The van der Waals surface area contributed by atoms with E-state index in [4.69, 9.17) is 26.1 Å². The molecule has 4 rings (SSSR count). The lowest BCUT2D eigenvalue weighted by molar-refractivity contribution is 0.0455. The molecule has 1 aliphatic heterocycles. The van der Waals surface area contributed by atoms with Gasteiger partial charge in [0.15, 0.2) is 0 Å². The molecule has 0 amide bonds. The topological polar surface area (TPSA) is 117 Å². The average molecular weight is 514 g/mol. The molecule has 0 bridgehead atoms. The van der Waals surface area contributed by atoms with Gasteiger partial charge in [0.2, 0.25) is 0 Å². The molecule has 0 radical (unpaired) electrons. The fourth-order valence-electron chi connectivity index (χ4n) is 4.96. The normalized spacial score (nSPS) is 22.4. The lowest BCUT2D eigenvalue weighted by atomic mass is 9.82. The number of methoxy groups -OCH3 is 1. The smallest absolute Gasteiger partial charge is 0.145 e. The summed E-state index contributed by atoms with van der Waals surface area (Å²) in [6, 6.07) is 5.66. The molecule has 36 heavy (non-hydrogen) atoms. The molecule has 9 nitrogen and oxygen atoms in total. The summed E-state index contributed by atoms with van der Waals surface area (Å²) in [5.41, 5.74) is 0.987. The van der Waals surface area contributed by atoms with Crippen molar-refractivity contribution < 1.29 is 9.47 Å². The SMILES string of the molecule is COC[C@@H](C)N[C@H]1CC[C@H](Nc2cc(-c3cncc(NCC4(C#N)CCOCC4)n3)c(Cl)cn2)CC1. The van der Waals surface area contributed by atoms with E-state index in [-0.39, 0.29) is 0 Å². The minimum Gasteiger partial charge on any atom is -0.383 e. The zero-order chi connectivity index (χ0) is 25.4. The molecule has 3 N–H and O–H groups in total. The second-order valence-electron chi connectivity index (χ2n) is 9.91. The minimum atomic E-state index is -0.447. The molecule has 1 aliphatic carbocycles. The Morgan fingerprint density at radius 3 is 2.64 bits per heavy atom. The molecule has 2 aromatic heterocycles. The van der Waals surface area contributed by atoms with Crippen molar-refractivity contribution in [2.45, 2.75) is 63.6 Å². The first-order valence-electron chi connectivity index (χ1n) is 12.7. The van der Waals surface area contributed by atoms with Gasteiger partial charge in [-0.15, -0.1) is 0 Å². The molecule has 2 aliphatic rings. The van der Waals surface area contributed by atoms with Crippen LogP contribution >= 0.6 is 11.6 Å². The fourth-order valence-corrected chi connectivity index (χ4v) is 5.16. The number of halogens is 1. The highest BCUT2D eigenvalue weighted by molar-refractivity contribution is 6.33. The Morgan fingerprint density at radius 2 is 1.92 bits per heavy atom. The number of hydrogen-bond acceptors (Lipinski definition) is 9. The van der Waals surface area contributed by atoms with Gasteiger partial charge in [0, 0.05) is 56.8 Å². The number of pyridine rings is 1. The van der Waals surface area contributed by atoms with Gasteiger partial charge >= 0.3 is 0 Å². The van der Waals surface area contributed by atoms with Gasteiger partial charge in [-0.2, -0.15) is 5.26 Å². The molecule has 3 heterocycles. The molecule has 10 heteroatoms. The first-order valence-corrected chi connectivity index (χ1v) is 13.1. The predicted molar refractivity (Wildman–Crippen MR) is 141 cm³/mol. The molecule has 0 unspecified atom stereocenters. The summed E-state index contributed by atoms with van der Waals surface area (Å²) in [6.07, 6.45) is 10.8. The highest BCUT2D eigenvalue weighted by Crippen LogP contribution is 2.32. The monoisotopic (exact) mass is 513 g/mol. The lowest BCUT2D eigenvalue weighted by Crippen LogP contribution is -2.42. The Bertz CT molecular complexity index is 1030. The number of aromatic nitrogens is 3. The van der Waals surface area contributed by atoms with E-state index in [1.165, 1.54) is 0 Å². The van der Waals surface area contributed by atoms with Gasteiger partial charge < -0.3 is 25.4 Å². The standard InChI is InChI=1S/C26H36ClN7O2/c1-18(15-35-2)32-19-3-5-20(6-4-19)33-24-11-21(22(27)12-30-24)23-13-29-14-25(34-23)31-17-26(16-28)7-9-36-10-8-26/h11-14,18-20,32H,3-10,15,17H2,1-2H3,(H,30,33)(H,31,34)/t18-,19-,20-/m1/s1. The number of nitrogens with zero attached hydrogens (tertiary/aromatic N) is 4. The Hall–Kier alpha value is -2.51. The van der Waals surface area contributed by atoms with Crippen LogP contribution in [0.25, 0.3) is 11.3 Å². The summed E-state index contributed by atoms with van der Waals surface area (Å²) in [5, 5.41) is 20.8. The zero-order valence-corrected chi connectivity index (χ0v) is 21.9. The van der Waals surface area contributed by atoms with Gasteiger partial charge in [-0.25, -0.2) is 9.97 Å². The van der Waals surface area contributed by atoms with Crippen LogP contribution in [0.2, 0.25) is 5.02 Å². The van der Waals surface area contributed by atoms with Crippen molar-refractivity contribution in [1.82, 2.24) is 20.3 Å². The van der Waals surface area contributed by atoms with E-state index in [9.17, 15) is 5.26 Å². The lowest BCUT2D eigenvalue weighted by Gasteiger charge is -2.32. The molecule has 194 valence electrons. The third kappa shape index (κ3) is 7.04. The number of hydrogen-bond donors (Lipinski definition) is 3. The average Bonchev–Trinajstić information content (AvgIpc) is 2.90. The first-order chi connectivity index (χ1) is 17.5. The third-order valence-corrected chi connectivity index (χ3v) is 7.38. The van der Waals surface area contributed by atoms with Crippen LogP contribution in [-0.4, -0.2) is 66.6 Å². The van der Waals surface area contributed by atoms with Crippen molar-refractivity contribution in [1.29, 1.82) is 5.26 Å². The minimum absolute atomic E-state index is 0.360. The van der Waals surface area contributed by atoms with E-state index in [2.05, 4.69) is 38.9 Å². The third-order valence-electron chi connectivity index (χ3n) is 7.08. The summed E-state index contributed by atoms with van der Waals surface area (Å²) in [5.74, 6) is 1.40. The maximum absolute atomic E-state index is 9.71. The number of anilines is 2. The summed E-state index contributed by atoms with van der Waals surface area (Å²) in [4.78, 5) is 13.6. The second kappa shape index (κ2) is 12.6. The van der Waals surface area contributed by atoms with Crippen LogP contribution in [0, 0.1) is 16.7 Å². The Labute approximate surface area is 218 Å². The van der Waals surface area contributed by atoms with Crippen LogP contribution < -0.4 is 16.0 Å². The van der Waals surface area contributed by atoms with Gasteiger partial charge in [0.1, 0.15) is 11.6 Å². The highest BCUT2D eigenvalue weighted by atomic mass is 35.5. The van der Waals surface area contributed by atoms with Crippen molar-refractivity contribution in [2.75, 3.05) is 44.1 Å². The van der Waals surface area contributed by atoms with Crippen LogP contribution in [0.5, 0.6) is 0 Å². The van der Waals surface area contributed by atoms with E-state index in [0.29, 0.717) is 67.3 Å². The summed E-state index contributed by atoms with van der Waals surface area (Å²) >= 11 is 6.51. The second-order valence-corrected chi connectivity index (χ2v) is 10.3. The van der Waals surface area contributed by atoms with Crippen LogP contribution in [0.4, 0.5) is 11.6 Å². The van der Waals surface area contributed by atoms with E-state index in [1.807, 2.05) is 6.07 Å². The van der Waals surface area contributed by atoms with E-state index < -0.39 is 5.41 Å². The summed E-state index contributed by atoms with van der Waals surface area (Å²) < 4.78 is 10.7. The van der Waals surface area contributed by atoms with Crippen LogP contribution in [0.1, 0.15) is 45.4 Å². The van der Waals surface area contributed by atoms with Crippen LogP contribution in [0.3, 0.4) is 0 Å². The number of nitriles is 1. The molecule has 0 spiro atoms. The first kappa shape index (κ1) is 26.6. The molecule has 2 aromatic rings. The molecule has 2 fully saturated rings. The molecular weight excluding hydrogens is 478 g/mol. The molecular formula is C26H36ClN7O2. The number of ether oxygens (including phenoxy) is 2. The van der Waals surface area contributed by atoms with Crippen molar-refractivity contribution in [3.05, 3.63) is 29.7 Å². The van der Waals surface area contributed by atoms with Crippen molar-refractivity contribution >= 4 is 23.2 Å². The maximum Gasteiger partial charge on any atom is 0.145 e. The van der Waals surface area contributed by atoms with Gasteiger partial charge in [0.25, 0.3) is 0 Å². The van der Waals surface area contributed by atoms with Crippen molar-refractivity contribution in [2.24, 2.45) is 5.41 Å². The van der Waals surface area contributed by atoms with E-state index in [1.54, 1.807) is 25.7 Å². The highest BCUT2D eigenvalue weighted by Gasteiger charge is 2.32. The molecule has 1 atom stereocenters. The Kier molecular flexibility index (Phi) is 9.32. The van der Waals surface area contributed by atoms with Crippen LogP contribution in [0.15, 0.2) is 24.7 Å². The molecule has 1 saturated heterocycles. The number of nitrogens with one attached hydrogen (secondary N) is 3. The van der Waals surface area contributed by atoms with Crippen LogP contribution in [-0.2, 0) is 9.47 Å². The van der Waals surface area contributed by atoms with Gasteiger partial charge in [0.05, 0.1) is 41.2 Å². The quantitative estimate of drug-likeness (QED) is 0.428. The Balaban J connectivity index is 1.37. The zero-order valence-electron chi connectivity index (χ0n) is 21.1. The van der Waals surface area contributed by atoms with Gasteiger partial charge in [-0.05, 0) is 51.5 Å². The van der Waals surface area contributed by atoms with E-state index >= 15 is 0 Å². The predicted octanol–water partition coefficient (Wildman–Crippen LogP) is 4.27. The largest absolute Gasteiger partial charge is 0.383 e. The number of rotatable bonds is 10. The van der Waals surface area contributed by atoms with Crippen molar-refractivity contribution in [3.8, 4) is 17.3 Å². The van der Waals surface area contributed by atoms with Crippen molar-refractivity contribution in [3.63, 3.8) is 0 Å². The van der Waals surface area contributed by atoms with E-state index in [0.717, 1.165) is 43.7 Å².